The molecule has 0 fully saturated rings. The second-order valence-corrected chi connectivity index (χ2v) is 4.21. The van der Waals surface area contributed by atoms with Crippen LogP contribution in [0.1, 0.15) is 18.9 Å². The predicted octanol–water partition coefficient (Wildman–Crippen LogP) is 2.87. The van der Waals surface area contributed by atoms with Crippen LogP contribution >= 0.6 is 15.9 Å². The minimum Gasteiger partial charge on any atom is -0.489 e. The van der Waals surface area contributed by atoms with E-state index in [1.807, 2.05) is 25.1 Å². The van der Waals surface area contributed by atoms with Crippen molar-refractivity contribution < 1.29 is 4.74 Å². The van der Waals surface area contributed by atoms with Gasteiger partial charge in [-0.25, -0.2) is 0 Å². The van der Waals surface area contributed by atoms with Crippen molar-refractivity contribution in [2.75, 3.05) is 6.54 Å². The Kier molecular flexibility index (Phi) is 4.42. The Bertz CT molecular complexity index is 297. The molecule has 1 rings (SSSR count). The monoisotopic (exact) mass is 257 g/mol. The van der Waals surface area contributed by atoms with Crippen LogP contribution in [0.4, 0.5) is 0 Å². The summed E-state index contributed by atoms with van der Waals surface area (Å²) < 4.78 is 6.80. The lowest BCUT2D eigenvalue weighted by molar-refractivity contribution is 0.204. The van der Waals surface area contributed by atoms with Crippen molar-refractivity contribution in [3.05, 3.63) is 28.2 Å². The quantitative estimate of drug-likeness (QED) is 0.901. The van der Waals surface area contributed by atoms with E-state index in [0.717, 1.165) is 22.2 Å². The summed E-state index contributed by atoms with van der Waals surface area (Å²) in [6.07, 6.45) is 1.05. The Labute approximate surface area is 93.6 Å². The fourth-order valence-electron chi connectivity index (χ4n) is 1.18. The molecule has 0 aliphatic carbocycles. The SMILES string of the molecule is CCC(CN)Oc1cc(Br)ccc1C. The third-order valence-corrected chi connectivity index (χ3v) is 2.66. The molecule has 0 aliphatic rings. The van der Waals surface area contributed by atoms with Crippen LogP contribution in [0.25, 0.3) is 0 Å². The fraction of sp³-hybridized carbons (Fsp3) is 0.455. The molecule has 0 saturated heterocycles. The van der Waals surface area contributed by atoms with Crippen LogP contribution in [-0.4, -0.2) is 12.6 Å². The third kappa shape index (κ3) is 3.00. The van der Waals surface area contributed by atoms with Crippen molar-refractivity contribution in [2.24, 2.45) is 5.73 Å². The van der Waals surface area contributed by atoms with E-state index < -0.39 is 0 Å². The molecule has 14 heavy (non-hydrogen) atoms. The summed E-state index contributed by atoms with van der Waals surface area (Å²) in [5.74, 6) is 0.914. The molecule has 2 nitrogen and oxygen atoms in total. The molecule has 1 atom stereocenters. The van der Waals surface area contributed by atoms with Crippen LogP contribution in [0.2, 0.25) is 0 Å². The maximum atomic E-state index is 5.77. The molecule has 1 aromatic carbocycles. The van der Waals surface area contributed by atoms with E-state index in [9.17, 15) is 0 Å². The zero-order valence-corrected chi connectivity index (χ0v) is 10.2. The van der Waals surface area contributed by atoms with Gasteiger partial charge in [0.25, 0.3) is 0 Å². The van der Waals surface area contributed by atoms with Gasteiger partial charge in [0.15, 0.2) is 0 Å². The van der Waals surface area contributed by atoms with E-state index >= 15 is 0 Å². The standard InChI is InChI=1S/C11H16BrNO/c1-3-10(7-13)14-11-6-9(12)5-4-8(11)2/h4-6,10H,3,7,13H2,1-2H3. The number of rotatable bonds is 4. The number of benzene rings is 1. The summed E-state index contributed by atoms with van der Waals surface area (Å²) in [4.78, 5) is 0. The molecule has 0 aromatic heterocycles. The van der Waals surface area contributed by atoms with Gasteiger partial charge in [-0.1, -0.05) is 28.9 Å². The van der Waals surface area contributed by atoms with E-state index in [2.05, 4.69) is 22.9 Å². The van der Waals surface area contributed by atoms with Crippen LogP contribution < -0.4 is 10.5 Å². The molecule has 0 spiro atoms. The van der Waals surface area contributed by atoms with Crippen LogP contribution in [0.3, 0.4) is 0 Å². The minimum absolute atomic E-state index is 0.114. The van der Waals surface area contributed by atoms with Crippen LogP contribution in [-0.2, 0) is 0 Å². The van der Waals surface area contributed by atoms with Crippen LogP contribution in [0, 0.1) is 6.92 Å². The van der Waals surface area contributed by atoms with E-state index in [-0.39, 0.29) is 6.10 Å². The maximum Gasteiger partial charge on any atom is 0.123 e. The zero-order chi connectivity index (χ0) is 10.6. The summed E-state index contributed by atoms with van der Waals surface area (Å²) in [6.45, 7) is 4.66. The first kappa shape index (κ1) is 11.5. The Morgan fingerprint density at radius 2 is 2.21 bits per heavy atom. The summed E-state index contributed by atoms with van der Waals surface area (Å²) in [5.41, 5.74) is 6.72. The summed E-state index contributed by atoms with van der Waals surface area (Å²) in [6, 6.07) is 6.02. The van der Waals surface area contributed by atoms with Gasteiger partial charge in [0.1, 0.15) is 11.9 Å². The van der Waals surface area contributed by atoms with Gasteiger partial charge in [-0.2, -0.15) is 0 Å². The zero-order valence-electron chi connectivity index (χ0n) is 8.59. The van der Waals surface area contributed by atoms with Crippen molar-refractivity contribution in [2.45, 2.75) is 26.4 Å². The molecule has 0 aliphatic heterocycles. The number of nitrogens with two attached hydrogens (primary N) is 1. The normalized spacial score (nSPS) is 12.6. The first-order valence-electron chi connectivity index (χ1n) is 4.80. The van der Waals surface area contributed by atoms with Gasteiger partial charge in [0.2, 0.25) is 0 Å². The minimum atomic E-state index is 0.114. The lowest BCUT2D eigenvalue weighted by atomic mass is 10.2. The van der Waals surface area contributed by atoms with Crippen LogP contribution in [0.5, 0.6) is 5.75 Å². The predicted molar refractivity (Wildman–Crippen MR) is 62.6 cm³/mol. The highest BCUT2D eigenvalue weighted by Crippen LogP contribution is 2.24. The van der Waals surface area contributed by atoms with Gasteiger partial charge in [-0.05, 0) is 31.0 Å². The molecule has 2 N–H and O–H groups in total. The summed E-state index contributed by atoms with van der Waals surface area (Å²) >= 11 is 3.42. The lowest BCUT2D eigenvalue weighted by Gasteiger charge is -2.17. The van der Waals surface area contributed by atoms with Crippen molar-refractivity contribution in [3.63, 3.8) is 0 Å². The average Bonchev–Trinajstić information content (AvgIpc) is 2.19. The molecule has 0 radical (unpaired) electrons. The van der Waals surface area contributed by atoms with Crippen molar-refractivity contribution >= 4 is 15.9 Å². The molecule has 0 bridgehead atoms. The summed E-state index contributed by atoms with van der Waals surface area (Å²) in [5, 5.41) is 0. The molecule has 0 amide bonds. The van der Waals surface area contributed by atoms with Gasteiger partial charge in [-0.3, -0.25) is 0 Å². The molecule has 0 saturated carbocycles. The molecule has 3 heteroatoms. The van der Waals surface area contributed by atoms with Gasteiger partial charge >= 0.3 is 0 Å². The number of hydrogen-bond acceptors (Lipinski definition) is 2. The first-order valence-corrected chi connectivity index (χ1v) is 5.59. The van der Waals surface area contributed by atoms with E-state index in [4.69, 9.17) is 10.5 Å². The number of ether oxygens (including phenoxy) is 1. The maximum absolute atomic E-state index is 5.77. The molecular formula is C11H16BrNO. The van der Waals surface area contributed by atoms with Gasteiger partial charge in [0, 0.05) is 11.0 Å². The van der Waals surface area contributed by atoms with E-state index in [0.29, 0.717) is 6.54 Å². The Hall–Kier alpha value is -0.540. The van der Waals surface area contributed by atoms with Gasteiger partial charge < -0.3 is 10.5 Å². The van der Waals surface area contributed by atoms with E-state index in [1.165, 1.54) is 0 Å². The summed E-state index contributed by atoms with van der Waals surface area (Å²) in [7, 11) is 0. The van der Waals surface area contributed by atoms with Gasteiger partial charge in [0.05, 0.1) is 0 Å². The van der Waals surface area contributed by atoms with Gasteiger partial charge in [-0.15, -0.1) is 0 Å². The molecule has 0 heterocycles. The fourth-order valence-corrected chi connectivity index (χ4v) is 1.52. The number of aryl methyl sites for hydroxylation is 1. The first-order chi connectivity index (χ1) is 6.67. The molecule has 1 unspecified atom stereocenters. The third-order valence-electron chi connectivity index (χ3n) is 2.16. The topological polar surface area (TPSA) is 35.2 Å². The highest BCUT2D eigenvalue weighted by atomic mass is 79.9. The van der Waals surface area contributed by atoms with Crippen molar-refractivity contribution in [1.29, 1.82) is 0 Å². The van der Waals surface area contributed by atoms with E-state index in [1.54, 1.807) is 0 Å². The average molecular weight is 258 g/mol. The lowest BCUT2D eigenvalue weighted by Crippen LogP contribution is -2.25. The largest absolute Gasteiger partial charge is 0.489 e. The Balaban J connectivity index is 2.79. The molecule has 78 valence electrons. The highest BCUT2D eigenvalue weighted by Gasteiger charge is 2.07. The number of hydrogen-bond donors (Lipinski definition) is 1. The van der Waals surface area contributed by atoms with Crippen molar-refractivity contribution in [1.82, 2.24) is 0 Å². The second kappa shape index (κ2) is 5.37. The van der Waals surface area contributed by atoms with Crippen molar-refractivity contribution in [3.8, 4) is 5.75 Å². The Morgan fingerprint density at radius 3 is 2.79 bits per heavy atom. The Morgan fingerprint density at radius 1 is 1.50 bits per heavy atom. The molecular weight excluding hydrogens is 242 g/mol. The van der Waals surface area contributed by atoms with Crippen LogP contribution in [0.15, 0.2) is 22.7 Å². The smallest absolute Gasteiger partial charge is 0.123 e. The number of halogens is 1. The highest BCUT2D eigenvalue weighted by molar-refractivity contribution is 9.10. The molecule has 1 aromatic rings. The second-order valence-electron chi connectivity index (χ2n) is 3.29.